The molecule has 0 saturated carbocycles. The van der Waals surface area contributed by atoms with E-state index in [2.05, 4.69) is 37.4 Å². The topological polar surface area (TPSA) is 92.8 Å². The monoisotopic (exact) mass is 481 g/mol. The summed E-state index contributed by atoms with van der Waals surface area (Å²) in [5.41, 5.74) is 6.96. The van der Waals surface area contributed by atoms with Gasteiger partial charge in [0, 0.05) is 45.2 Å². The number of hydrogen-bond acceptors (Lipinski definition) is 7. The minimum Gasteiger partial charge on any atom is -0.457 e. The maximum Gasteiger partial charge on any atom is 0.339 e. The Bertz CT molecular complexity index is 1530. The van der Waals surface area contributed by atoms with Crippen molar-refractivity contribution in [2.75, 3.05) is 13.1 Å². The molecular formula is C27H23N5O2S. The molecule has 6 rings (SSSR count). The maximum absolute atomic E-state index is 12.5. The number of thiophene rings is 1. The van der Waals surface area contributed by atoms with Crippen LogP contribution in [-0.2, 0) is 4.74 Å². The number of H-pyrrole nitrogens is 1. The van der Waals surface area contributed by atoms with Gasteiger partial charge in [-0.25, -0.2) is 9.78 Å². The first-order valence-electron chi connectivity index (χ1n) is 11.5. The number of esters is 1. The fraction of sp³-hybridized carbons (Fsp3) is 0.185. The lowest BCUT2D eigenvalue weighted by Crippen LogP contribution is -2.20. The van der Waals surface area contributed by atoms with Crippen LogP contribution in [0.3, 0.4) is 0 Å². The molecule has 0 radical (unpaired) electrons. The summed E-state index contributed by atoms with van der Waals surface area (Å²) in [4.78, 5) is 30.6. The second-order valence-electron chi connectivity index (χ2n) is 8.64. The zero-order valence-corrected chi connectivity index (χ0v) is 19.9. The average molecular weight is 482 g/mol. The van der Waals surface area contributed by atoms with E-state index in [1.807, 2.05) is 54.9 Å². The van der Waals surface area contributed by atoms with Crippen LogP contribution in [0.2, 0.25) is 0 Å². The molecule has 174 valence electrons. The Morgan fingerprint density at radius 1 is 1.11 bits per heavy atom. The number of rotatable bonds is 5. The molecular weight excluding hydrogens is 458 g/mol. The van der Waals surface area contributed by atoms with E-state index in [9.17, 15) is 4.79 Å². The third-order valence-electron chi connectivity index (χ3n) is 6.15. The van der Waals surface area contributed by atoms with Crippen LogP contribution in [0.1, 0.15) is 22.5 Å². The minimum absolute atomic E-state index is 0.0476. The molecule has 0 bridgehead atoms. The largest absolute Gasteiger partial charge is 0.457 e. The van der Waals surface area contributed by atoms with Gasteiger partial charge in [0.05, 0.1) is 34.5 Å². The molecule has 0 spiro atoms. The number of carbonyl (C=O) groups excluding carboxylic acids is 1. The van der Waals surface area contributed by atoms with Gasteiger partial charge in [0.15, 0.2) is 0 Å². The molecule has 1 fully saturated rings. The number of pyridine rings is 2. The normalized spacial score (nSPS) is 15.5. The summed E-state index contributed by atoms with van der Waals surface area (Å²) in [5, 5.41) is 6.07. The molecule has 5 aromatic rings. The number of aromatic amines is 1. The highest BCUT2D eigenvalue weighted by Crippen LogP contribution is 2.33. The van der Waals surface area contributed by atoms with Crippen molar-refractivity contribution in [1.29, 1.82) is 0 Å². The molecule has 1 saturated heterocycles. The molecule has 0 unspecified atom stereocenters. The van der Waals surface area contributed by atoms with E-state index in [1.54, 1.807) is 6.33 Å². The van der Waals surface area contributed by atoms with Gasteiger partial charge in [-0.1, -0.05) is 12.1 Å². The molecule has 0 amide bonds. The maximum atomic E-state index is 12.5. The number of carbonyl (C=O) groups is 1. The summed E-state index contributed by atoms with van der Waals surface area (Å²) in [6, 6.07) is 16.1. The number of aryl methyl sites for hydroxylation is 1. The van der Waals surface area contributed by atoms with Gasteiger partial charge in [-0.05, 0) is 56.3 Å². The standard InChI is InChI=1S/C27H23N5O2S/c1-16-3-2-4-23(32-16)26-25(30-15-31-26)17-5-6-22-18(9-17)10-19(12-29-22)24-11-20(14-35-24)27(33)34-21-7-8-28-13-21/h2-6,9-12,14-15,21,28H,7-8,13H2,1H3,(H,30,31)/t21-/m0/s1. The Kier molecular flexibility index (Phi) is 5.60. The molecule has 5 heterocycles. The van der Waals surface area contributed by atoms with Crippen LogP contribution in [-0.4, -0.2) is 45.1 Å². The Morgan fingerprint density at radius 3 is 2.89 bits per heavy atom. The molecule has 1 aliphatic heterocycles. The van der Waals surface area contributed by atoms with Gasteiger partial charge in [0.2, 0.25) is 0 Å². The van der Waals surface area contributed by atoms with Crippen molar-refractivity contribution in [2.45, 2.75) is 19.4 Å². The fourth-order valence-corrected chi connectivity index (χ4v) is 5.21. The van der Waals surface area contributed by atoms with Crippen molar-refractivity contribution in [3.63, 3.8) is 0 Å². The number of hydrogen-bond donors (Lipinski definition) is 2. The van der Waals surface area contributed by atoms with Crippen LogP contribution in [0.25, 0.3) is 44.0 Å². The number of nitrogens with zero attached hydrogens (tertiary/aromatic N) is 3. The van der Waals surface area contributed by atoms with Gasteiger partial charge in [0.1, 0.15) is 6.10 Å². The highest BCUT2D eigenvalue weighted by molar-refractivity contribution is 7.13. The lowest BCUT2D eigenvalue weighted by Gasteiger charge is -2.09. The number of ether oxygens (including phenoxy) is 1. The summed E-state index contributed by atoms with van der Waals surface area (Å²) < 4.78 is 5.60. The highest BCUT2D eigenvalue weighted by atomic mass is 32.1. The summed E-state index contributed by atoms with van der Waals surface area (Å²) in [6.45, 7) is 3.58. The van der Waals surface area contributed by atoms with Gasteiger partial charge >= 0.3 is 5.97 Å². The van der Waals surface area contributed by atoms with E-state index in [4.69, 9.17) is 4.74 Å². The van der Waals surface area contributed by atoms with Crippen LogP contribution in [0.4, 0.5) is 0 Å². The van der Waals surface area contributed by atoms with E-state index in [0.29, 0.717) is 5.56 Å². The molecule has 8 heteroatoms. The van der Waals surface area contributed by atoms with Crippen LogP contribution < -0.4 is 5.32 Å². The Balaban J connectivity index is 1.31. The number of imidazole rings is 1. The highest BCUT2D eigenvalue weighted by Gasteiger charge is 2.21. The third-order valence-corrected chi connectivity index (χ3v) is 7.13. The van der Waals surface area contributed by atoms with Crippen LogP contribution in [0, 0.1) is 6.92 Å². The summed E-state index contributed by atoms with van der Waals surface area (Å²) >= 11 is 1.52. The average Bonchev–Trinajstić information content (AvgIpc) is 3.65. The van der Waals surface area contributed by atoms with Gasteiger partial charge < -0.3 is 15.0 Å². The second-order valence-corrected chi connectivity index (χ2v) is 9.55. The van der Waals surface area contributed by atoms with E-state index >= 15 is 0 Å². The molecule has 0 aliphatic carbocycles. The van der Waals surface area contributed by atoms with Crippen molar-refractivity contribution >= 4 is 28.2 Å². The number of nitrogens with one attached hydrogen (secondary N) is 2. The third kappa shape index (κ3) is 4.34. The predicted octanol–water partition coefficient (Wildman–Crippen LogP) is 5.24. The second kappa shape index (κ2) is 9.05. The first kappa shape index (κ1) is 21.6. The lowest BCUT2D eigenvalue weighted by atomic mass is 10.0. The molecule has 1 aromatic carbocycles. The number of fused-ring (bicyclic) bond motifs is 1. The fourth-order valence-electron chi connectivity index (χ4n) is 4.35. The Labute approximate surface area is 206 Å². The van der Waals surface area contributed by atoms with Crippen LogP contribution >= 0.6 is 11.3 Å². The van der Waals surface area contributed by atoms with Crippen molar-refractivity contribution in [3.05, 3.63) is 77.7 Å². The van der Waals surface area contributed by atoms with Gasteiger partial charge in [0.25, 0.3) is 0 Å². The Hall–Kier alpha value is -3.88. The van der Waals surface area contributed by atoms with E-state index in [-0.39, 0.29) is 12.1 Å². The van der Waals surface area contributed by atoms with Crippen molar-refractivity contribution in [2.24, 2.45) is 0 Å². The van der Waals surface area contributed by atoms with E-state index < -0.39 is 0 Å². The summed E-state index contributed by atoms with van der Waals surface area (Å²) in [6.07, 6.45) is 4.35. The van der Waals surface area contributed by atoms with Crippen molar-refractivity contribution < 1.29 is 9.53 Å². The molecule has 2 N–H and O–H groups in total. The summed E-state index contributed by atoms with van der Waals surface area (Å²) in [7, 11) is 0. The molecule has 35 heavy (non-hydrogen) atoms. The lowest BCUT2D eigenvalue weighted by molar-refractivity contribution is 0.0345. The van der Waals surface area contributed by atoms with E-state index in [0.717, 1.165) is 69.2 Å². The number of benzene rings is 1. The van der Waals surface area contributed by atoms with Crippen LogP contribution in [0.15, 0.2) is 66.4 Å². The molecule has 1 atom stereocenters. The van der Waals surface area contributed by atoms with Gasteiger partial charge in [-0.15, -0.1) is 11.3 Å². The van der Waals surface area contributed by atoms with Gasteiger partial charge in [-0.3, -0.25) is 9.97 Å². The Morgan fingerprint density at radius 2 is 2.03 bits per heavy atom. The zero-order valence-electron chi connectivity index (χ0n) is 19.1. The van der Waals surface area contributed by atoms with E-state index in [1.165, 1.54) is 11.3 Å². The zero-order chi connectivity index (χ0) is 23.8. The first-order chi connectivity index (χ1) is 17.1. The smallest absolute Gasteiger partial charge is 0.339 e. The minimum atomic E-state index is -0.270. The quantitative estimate of drug-likeness (QED) is 0.334. The van der Waals surface area contributed by atoms with Crippen molar-refractivity contribution in [3.8, 4) is 33.1 Å². The van der Waals surface area contributed by atoms with Crippen LogP contribution in [0.5, 0.6) is 0 Å². The first-order valence-corrected chi connectivity index (χ1v) is 12.4. The van der Waals surface area contributed by atoms with Gasteiger partial charge in [-0.2, -0.15) is 0 Å². The molecule has 1 aliphatic rings. The SMILES string of the molecule is Cc1cccc(-c2[nH]cnc2-c2ccc3ncc(-c4cc(C(=O)O[C@H]5CCNC5)cs4)cc3c2)n1. The van der Waals surface area contributed by atoms with Crippen molar-refractivity contribution in [1.82, 2.24) is 25.3 Å². The number of aromatic nitrogens is 4. The molecule has 4 aromatic heterocycles. The predicted molar refractivity (Wildman–Crippen MR) is 137 cm³/mol. The molecule has 7 nitrogen and oxygen atoms in total. The summed E-state index contributed by atoms with van der Waals surface area (Å²) in [5.74, 6) is -0.270.